The molecule has 2 amide bonds. The number of likely N-dealkylation sites (tertiary alicyclic amines) is 1. The third kappa shape index (κ3) is 2.11. The highest BCUT2D eigenvalue weighted by Crippen LogP contribution is 2.12. The van der Waals surface area contributed by atoms with Gasteiger partial charge in [0.2, 0.25) is 0 Å². The number of nitrogens with two attached hydrogens (primary N) is 1. The lowest BCUT2D eigenvalue weighted by Crippen LogP contribution is -2.49. The van der Waals surface area contributed by atoms with Crippen LogP contribution in [0.2, 0.25) is 0 Å². The van der Waals surface area contributed by atoms with Crippen LogP contribution in [0.25, 0.3) is 0 Å². The van der Waals surface area contributed by atoms with Crippen LogP contribution in [0.4, 0.5) is 4.79 Å². The number of urea groups is 1. The third-order valence-corrected chi connectivity index (χ3v) is 2.44. The first-order valence-corrected chi connectivity index (χ1v) is 4.32. The topological polar surface area (TPSA) is 49.6 Å². The molecule has 4 nitrogen and oxygen atoms in total. The third-order valence-electron chi connectivity index (χ3n) is 2.44. The van der Waals surface area contributed by atoms with Gasteiger partial charge in [-0.1, -0.05) is 0 Å². The monoisotopic (exact) mass is 171 g/mol. The van der Waals surface area contributed by atoms with Crippen molar-refractivity contribution in [2.24, 2.45) is 5.73 Å². The predicted octanol–water partition coefficient (Wildman–Crippen LogP) is 0.0911. The molecule has 0 spiro atoms. The zero-order valence-electron chi connectivity index (χ0n) is 7.79. The molecule has 1 unspecified atom stereocenters. The number of amides is 2. The molecule has 0 radical (unpaired) electrons. The molecule has 1 rings (SSSR count). The molecule has 0 bridgehead atoms. The van der Waals surface area contributed by atoms with Crippen LogP contribution in [0.3, 0.4) is 0 Å². The summed E-state index contributed by atoms with van der Waals surface area (Å²) in [5.74, 6) is 0. The second-order valence-corrected chi connectivity index (χ2v) is 3.54. The number of nitrogens with zero attached hydrogens (tertiary/aromatic N) is 2. The second-order valence-electron chi connectivity index (χ2n) is 3.54. The Morgan fingerprint density at radius 3 is 2.75 bits per heavy atom. The molecule has 12 heavy (non-hydrogen) atoms. The molecule has 1 atom stereocenters. The summed E-state index contributed by atoms with van der Waals surface area (Å²) in [6.07, 6.45) is 2.22. The van der Waals surface area contributed by atoms with Gasteiger partial charge in [-0.3, -0.25) is 0 Å². The predicted molar refractivity (Wildman–Crippen MR) is 47.9 cm³/mol. The number of primary amides is 1. The van der Waals surface area contributed by atoms with E-state index in [1.807, 2.05) is 14.1 Å². The Kier molecular flexibility index (Phi) is 2.92. The van der Waals surface area contributed by atoms with Crippen LogP contribution in [0.5, 0.6) is 0 Å². The van der Waals surface area contributed by atoms with Crippen molar-refractivity contribution in [3.63, 3.8) is 0 Å². The smallest absolute Gasteiger partial charge is 0.314 e. The molecule has 2 N–H and O–H groups in total. The molecule has 0 aliphatic carbocycles. The van der Waals surface area contributed by atoms with Crippen molar-refractivity contribution in [3.8, 4) is 0 Å². The molecule has 1 saturated heterocycles. The van der Waals surface area contributed by atoms with E-state index in [2.05, 4.69) is 4.90 Å². The highest BCUT2D eigenvalue weighted by molar-refractivity contribution is 5.72. The first kappa shape index (κ1) is 9.32. The van der Waals surface area contributed by atoms with Crippen LogP contribution in [0.15, 0.2) is 0 Å². The summed E-state index contributed by atoms with van der Waals surface area (Å²) in [6, 6.07) is 0.188. The van der Waals surface area contributed by atoms with E-state index in [0.717, 1.165) is 25.9 Å². The summed E-state index contributed by atoms with van der Waals surface area (Å²) in [5, 5.41) is 0. The van der Waals surface area contributed by atoms with Crippen molar-refractivity contribution >= 4 is 6.03 Å². The van der Waals surface area contributed by atoms with Crippen LogP contribution in [-0.4, -0.2) is 49.1 Å². The fourth-order valence-corrected chi connectivity index (χ4v) is 1.58. The van der Waals surface area contributed by atoms with Gasteiger partial charge in [-0.2, -0.15) is 0 Å². The van der Waals surface area contributed by atoms with Crippen molar-refractivity contribution in [3.05, 3.63) is 0 Å². The summed E-state index contributed by atoms with van der Waals surface area (Å²) in [6.45, 7) is 1.60. The van der Waals surface area contributed by atoms with Gasteiger partial charge in [-0.25, -0.2) is 4.79 Å². The highest BCUT2D eigenvalue weighted by atomic mass is 16.2. The molecule has 1 heterocycles. The largest absolute Gasteiger partial charge is 0.351 e. The van der Waals surface area contributed by atoms with E-state index in [-0.39, 0.29) is 6.03 Å². The SMILES string of the molecule is CN(C)C1CCCN(C(N)=O)C1. The molecule has 1 aliphatic heterocycles. The van der Waals surface area contributed by atoms with E-state index in [4.69, 9.17) is 5.73 Å². The van der Waals surface area contributed by atoms with Gasteiger partial charge in [0.25, 0.3) is 0 Å². The van der Waals surface area contributed by atoms with Gasteiger partial charge in [-0.05, 0) is 26.9 Å². The second kappa shape index (κ2) is 3.76. The lowest BCUT2D eigenvalue weighted by atomic mass is 10.1. The zero-order chi connectivity index (χ0) is 9.14. The van der Waals surface area contributed by atoms with Gasteiger partial charge in [0.1, 0.15) is 0 Å². The maximum Gasteiger partial charge on any atom is 0.314 e. The molecular formula is C8H17N3O. The molecule has 0 aromatic heterocycles. The number of carbonyl (C=O) groups is 1. The Labute approximate surface area is 73.3 Å². The van der Waals surface area contributed by atoms with Gasteiger partial charge >= 0.3 is 6.03 Å². The Balaban J connectivity index is 2.46. The van der Waals surface area contributed by atoms with E-state index in [1.165, 1.54) is 0 Å². The van der Waals surface area contributed by atoms with Gasteiger partial charge in [0, 0.05) is 19.1 Å². The van der Waals surface area contributed by atoms with Crippen molar-refractivity contribution in [2.45, 2.75) is 18.9 Å². The first-order chi connectivity index (χ1) is 5.61. The van der Waals surface area contributed by atoms with Crippen molar-refractivity contribution < 1.29 is 4.79 Å². The van der Waals surface area contributed by atoms with Gasteiger partial charge in [0.05, 0.1) is 0 Å². The average Bonchev–Trinajstić information content (AvgIpc) is 2.04. The number of carbonyl (C=O) groups excluding carboxylic acids is 1. The number of piperidine rings is 1. The Morgan fingerprint density at radius 1 is 1.58 bits per heavy atom. The van der Waals surface area contributed by atoms with Crippen LogP contribution in [0, 0.1) is 0 Å². The summed E-state index contributed by atoms with van der Waals surface area (Å²) < 4.78 is 0. The van der Waals surface area contributed by atoms with Gasteiger partial charge in [-0.15, -0.1) is 0 Å². The van der Waals surface area contributed by atoms with Gasteiger partial charge < -0.3 is 15.5 Å². The fraction of sp³-hybridized carbons (Fsp3) is 0.875. The summed E-state index contributed by atoms with van der Waals surface area (Å²) in [7, 11) is 4.07. The normalized spacial score (nSPS) is 24.6. The minimum Gasteiger partial charge on any atom is -0.351 e. The zero-order valence-corrected chi connectivity index (χ0v) is 7.79. The van der Waals surface area contributed by atoms with E-state index in [0.29, 0.717) is 6.04 Å². The summed E-state index contributed by atoms with van der Waals surface area (Å²) >= 11 is 0. The van der Waals surface area contributed by atoms with Crippen molar-refractivity contribution in [1.29, 1.82) is 0 Å². The molecule has 1 aliphatic rings. The molecule has 0 aromatic rings. The Bertz CT molecular complexity index is 170. The molecule has 1 fully saturated rings. The minimum atomic E-state index is -0.290. The highest BCUT2D eigenvalue weighted by Gasteiger charge is 2.22. The maximum atomic E-state index is 10.9. The first-order valence-electron chi connectivity index (χ1n) is 4.32. The summed E-state index contributed by atoms with van der Waals surface area (Å²) in [4.78, 5) is 14.7. The molecular weight excluding hydrogens is 154 g/mol. The minimum absolute atomic E-state index is 0.290. The molecule has 4 heteroatoms. The quantitative estimate of drug-likeness (QED) is 0.608. The average molecular weight is 171 g/mol. The van der Waals surface area contributed by atoms with Crippen LogP contribution in [0.1, 0.15) is 12.8 Å². The van der Waals surface area contributed by atoms with E-state index in [1.54, 1.807) is 4.90 Å². The Hall–Kier alpha value is -0.770. The number of likely N-dealkylation sites (N-methyl/N-ethyl adjacent to an activating group) is 1. The molecule has 70 valence electrons. The van der Waals surface area contributed by atoms with Crippen molar-refractivity contribution in [1.82, 2.24) is 9.80 Å². The molecule has 0 saturated carbocycles. The van der Waals surface area contributed by atoms with E-state index < -0.39 is 0 Å². The van der Waals surface area contributed by atoms with Crippen molar-refractivity contribution in [2.75, 3.05) is 27.2 Å². The van der Waals surface area contributed by atoms with E-state index in [9.17, 15) is 4.79 Å². The van der Waals surface area contributed by atoms with Gasteiger partial charge in [0.15, 0.2) is 0 Å². The lowest BCUT2D eigenvalue weighted by molar-refractivity contribution is 0.146. The van der Waals surface area contributed by atoms with Crippen LogP contribution < -0.4 is 5.73 Å². The molecule has 0 aromatic carbocycles. The summed E-state index contributed by atoms with van der Waals surface area (Å²) in [5.41, 5.74) is 5.20. The maximum absolute atomic E-state index is 10.9. The fourth-order valence-electron chi connectivity index (χ4n) is 1.58. The Morgan fingerprint density at radius 2 is 2.25 bits per heavy atom. The number of hydrogen-bond donors (Lipinski definition) is 1. The van der Waals surface area contributed by atoms with Crippen LogP contribution >= 0.6 is 0 Å². The van der Waals surface area contributed by atoms with Crippen LogP contribution in [-0.2, 0) is 0 Å². The standard InChI is InChI=1S/C8H17N3O/c1-10(2)7-4-3-5-11(6-7)8(9)12/h7H,3-6H2,1-2H3,(H2,9,12). The lowest BCUT2D eigenvalue weighted by Gasteiger charge is -2.35. The van der Waals surface area contributed by atoms with E-state index >= 15 is 0 Å². The number of rotatable bonds is 1. The number of hydrogen-bond acceptors (Lipinski definition) is 2.